The average molecular weight is 599 g/mol. The number of benzene rings is 3. The predicted octanol–water partition coefficient (Wildman–Crippen LogP) is 7.15. The lowest BCUT2D eigenvalue weighted by Gasteiger charge is -2.13. The molecule has 3 aromatic carbocycles. The maximum atomic E-state index is 12.8. The van der Waals surface area contributed by atoms with Crippen molar-refractivity contribution in [3.8, 4) is 23.0 Å². The van der Waals surface area contributed by atoms with Gasteiger partial charge in [-0.3, -0.25) is 9.52 Å². The molecule has 0 aliphatic rings. The number of rotatable bonds is 19. The van der Waals surface area contributed by atoms with Crippen molar-refractivity contribution in [2.75, 3.05) is 22.5 Å². The van der Waals surface area contributed by atoms with Crippen LogP contribution in [0.2, 0.25) is 0 Å². The third-order valence-electron chi connectivity index (χ3n) is 6.86. The average Bonchev–Trinajstić information content (AvgIpc) is 2.94. The second kappa shape index (κ2) is 16.5. The number of carbonyl (C=O) groups excluding carboxylic acids is 1. The maximum absolute atomic E-state index is 12.8. The number of phenolic OH excluding ortho intramolecular Hbond substituents is 3. The van der Waals surface area contributed by atoms with E-state index in [0.29, 0.717) is 23.5 Å². The van der Waals surface area contributed by atoms with Crippen molar-refractivity contribution in [2.24, 2.45) is 0 Å². The van der Waals surface area contributed by atoms with E-state index in [1.807, 2.05) is 0 Å². The molecule has 3 aromatic rings. The Morgan fingerprint density at radius 3 is 2.12 bits per heavy atom. The zero-order valence-electron chi connectivity index (χ0n) is 24.1. The third-order valence-corrected chi connectivity index (χ3v) is 8.23. The van der Waals surface area contributed by atoms with E-state index < -0.39 is 21.6 Å². The second-order valence-corrected chi connectivity index (χ2v) is 12.2. The third kappa shape index (κ3) is 10.8. The van der Waals surface area contributed by atoms with Gasteiger partial charge in [-0.15, -0.1) is 0 Å². The van der Waals surface area contributed by atoms with E-state index in [1.165, 1.54) is 62.8 Å². The molecule has 0 aliphatic heterocycles. The molecule has 10 heteroatoms. The van der Waals surface area contributed by atoms with E-state index >= 15 is 0 Å². The van der Waals surface area contributed by atoms with Gasteiger partial charge in [-0.2, -0.15) is 0 Å². The molecule has 3 rings (SSSR count). The molecule has 5 N–H and O–H groups in total. The molecule has 9 nitrogen and oxygen atoms in total. The number of carbonyl (C=O) groups is 1. The van der Waals surface area contributed by atoms with Gasteiger partial charge in [0, 0.05) is 17.8 Å². The standard InChI is InChI=1S/C32H42N2O7S/c1-2-3-4-5-6-7-8-9-10-11-19-42(39,40)34-25-13-12-14-27(20-25)41-23-33-24-15-18-30(36)29(21-24)32(38)28-17-16-26(35)22-31(28)37/h12-18,20-22,33-37H,2-11,19,23H2,1H3. The Kier molecular flexibility index (Phi) is 12.8. The summed E-state index contributed by atoms with van der Waals surface area (Å²) >= 11 is 0. The summed E-state index contributed by atoms with van der Waals surface area (Å²) in [5.74, 6) is -0.971. The molecular weight excluding hydrogens is 556 g/mol. The highest BCUT2D eigenvalue weighted by molar-refractivity contribution is 7.92. The van der Waals surface area contributed by atoms with Gasteiger partial charge in [0.05, 0.1) is 22.6 Å². The number of anilines is 2. The van der Waals surface area contributed by atoms with Crippen LogP contribution in [-0.4, -0.2) is 42.0 Å². The number of unbranched alkanes of at least 4 members (excludes halogenated alkanes) is 9. The van der Waals surface area contributed by atoms with Crippen LogP contribution < -0.4 is 14.8 Å². The van der Waals surface area contributed by atoms with Gasteiger partial charge < -0.3 is 25.4 Å². The molecule has 0 spiro atoms. The SMILES string of the molecule is CCCCCCCCCCCCS(=O)(=O)Nc1cccc(OCNc2ccc(O)c(C(=O)c3ccc(O)cc3O)c2)c1. The Hall–Kier alpha value is -3.92. The summed E-state index contributed by atoms with van der Waals surface area (Å²) in [7, 11) is -3.48. The van der Waals surface area contributed by atoms with Crippen molar-refractivity contribution < 1.29 is 33.3 Å². The number of sulfonamides is 1. The molecule has 0 fully saturated rings. The van der Waals surface area contributed by atoms with Crippen molar-refractivity contribution in [2.45, 2.75) is 71.1 Å². The molecule has 0 aromatic heterocycles. The Balaban J connectivity index is 1.45. The van der Waals surface area contributed by atoms with Crippen molar-refractivity contribution >= 4 is 27.2 Å². The molecule has 0 bridgehead atoms. The number of nitrogens with one attached hydrogen (secondary N) is 2. The van der Waals surface area contributed by atoms with Gasteiger partial charge in [0.1, 0.15) is 23.0 Å². The van der Waals surface area contributed by atoms with E-state index in [1.54, 1.807) is 30.3 Å². The molecule has 0 aliphatic carbocycles. The van der Waals surface area contributed by atoms with Crippen LogP contribution in [0.4, 0.5) is 11.4 Å². The summed E-state index contributed by atoms with van der Waals surface area (Å²) in [6.07, 6.45) is 11.3. The lowest BCUT2D eigenvalue weighted by Crippen LogP contribution is -2.17. The fourth-order valence-corrected chi connectivity index (χ4v) is 5.72. The fraction of sp³-hybridized carbons (Fsp3) is 0.406. The van der Waals surface area contributed by atoms with Gasteiger partial charge in [-0.1, -0.05) is 70.8 Å². The second-order valence-electron chi connectivity index (χ2n) is 10.4. The number of ketones is 1. The highest BCUT2D eigenvalue weighted by atomic mass is 32.2. The first kappa shape index (κ1) is 32.6. The van der Waals surface area contributed by atoms with Gasteiger partial charge >= 0.3 is 0 Å². The van der Waals surface area contributed by atoms with Crippen LogP contribution in [0.3, 0.4) is 0 Å². The minimum Gasteiger partial charge on any atom is -0.508 e. The summed E-state index contributed by atoms with van der Waals surface area (Å²) < 4.78 is 33.5. The van der Waals surface area contributed by atoms with E-state index in [4.69, 9.17) is 4.74 Å². The minimum absolute atomic E-state index is 0.00231. The van der Waals surface area contributed by atoms with Crippen LogP contribution in [0.25, 0.3) is 0 Å². The molecule has 42 heavy (non-hydrogen) atoms. The molecule has 0 amide bonds. The monoisotopic (exact) mass is 598 g/mol. The Labute approximate surface area is 248 Å². The zero-order valence-corrected chi connectivity index (χ0v) is 25.0. The van der Waals surface area contributed by atoms with Crippen LogP contribution in [0.1, 0.15) is 87.1 Å². The number of hydrogen-bond acceptors (Lipinski definition) is 8. The van der Waals surface area contributed by atoms with Crippen molar-refractivity contribution in [3.05, 3.63) is 71.8 Å². The van der Waals surface area contributed by atoms with Gasteiger partial charge in [0.2, 0.25) is 15.8 Å². The van der Waals surface area contributed by atoms with Gasteiger partial charge in [0.25, 0.3) is 0 Å². The smallest absolute Gasteiger partial charge is 0.232 e. The summed E-state index contributed by atoms with van der Waals surface area (Å²) in [5.41, 5.74) is 0.775. The zero-order chi connectivity index (χ0) is 30.4. The van der Waals surface area contributed by atoms with Crippen LogP contribution in [-0.2, 0) is 10.0 Å². The minimum atomic E-state index is -3.48. The van der Waals surface area contributed by atoms with E-state index in [2.05, 4.69) is 17.0 Å². The van der Waals surface area contributed by atoms with E-state index in [9.17, 15) is 28.5 Å². The topological polar surface area (TPSA) is 145 Å². The first-order valence-electron chi connectivity index (χ1n) is 14.6. The Morgan fingerprint density at radius 1 is 0.738 bits per heavy atom. The van der Waals surface area contributed by atoms with Gasteiger partial charge in [-0.05, 0) is 48.9 Å². The molecule has 0 radical (unpaired) electrons. The van der Waals surface area contributed by atoms with Crippen molar-refractivity contribution in [1.82, 2.24) is 0 Å². The van der Waals surface area contributed by atoms with Crippen LogP contribution in [0, 0.1) is 0 Å². The summed E-state index contributed by atoms with van der Waals surface area (Å²) in [4.78, 5) is 12.8. The largest absolute Gasteiger partial charge is 0.508 e. The number of phenols is 3. The molecule has 0 unspecified atom stereocenters. The van der Waals surface area contributed by atoms with E-state index in [-0.39, 0.29) is 35.1 Å². The summed E-state index contributed by atoms with van der Waals surface area (Å²) in [6.45, 7) is 2.21. The Bertz CT molecular complexity index is 1410. The highest BCUT2D eigenvalue weighted by Crippen LogP contribution is 2.30. The highest BCUT2D eigenvalue weighted by Gasteiger charge is 2.18. The number of hydrogen-bond donors (Lipinski definition) is 5. The van der Waals surface area contributed by atoms with Crippen molar-refractivity contribution in [1.29, 1.82) is 0 Å². The fourth-order valence-electron chi connectivity index (χ4n) is 4.55. The maximum Gasteiger partial charge on any atom is 0.232 e. The molecule has 228 valence electrons. The molecule has 0 atom stereocenters. The number of ether oxygens (including phenoxy) is 1. The molecule has 0 heterocycles. The lowest BCUT2D eigenvalue weighted by molar-refractivity contribution is 0.103. The molecule has 0 saturated carbocycles. The summed E-state index contributed by atoms with van der Waals surface area (Å²) in [6, 6.07) is 14.6. The van der Waals surface area contributed by atoms with Crippen LogP contribution >= 0.6 is 0 Å². The first-order chi connectivity index (χ1) is 20.2. The van der Waals surface area contributed by atoms with Crippen molar-refractivity contribution in [3.63, 3.8) is 0 Å². The lowest BCUT2D eigenvalue weighted by atomic mass is 10.0. The van der Waals surface area contributed by atoms with Crippen LogP contribution in [0.5, 0.6) is 23.0 Å². The van der Waals surface area contributed by atoms with E-state index in [0.717, 1.165) is 25.3 Å². The van der Waals surface area contributed by atoms with Gasteiger partial charge in [0.15, 0.2) is 6.73 Å². The quantitative estimate of drug-likeness (QED) is 0.0423. The predicted molar refractivity (Wildman–Crippen MR) is 166 cm³/mol. The molecule has 0 saturated heterocycles. The first-order valence-corrected chi connectivity index (χ1v) is 16.2. The Morgan fingerprint density at radius 2 is 1.43 bits per heavy atom. The normalized spacial score (nSPS) is 11.3. The van der Waals surface area contributed by atoms with Gasteiger partial charge in [-0.25, -0.2) is 8.42 Å². The molecular formula is C32H42N2O7S. The van der Waals surface area contributed by atoms with Crippen LogP contribution in [0.15, 0.2) is 60.7 Å². The summed E-state index contributed by atoms with van der Waals surface area (Å²) in [5, 5.41) is 32.7. The number of aromatic hydroxyl groups is 3.